The first-order chi connectivity index (χ1) is 6.19. The molecule has 2 unspecified atom stereocenters. The molecule has 0 heterocycles. The summed E-state index contributed by atoms with van der Waals surface area (Å²) in [5.41, 5.74) is 2.65. The fourth-order valence-electron chi connectivity index (χ4n) is 1.77. The Balaban J connectivity index is 2.35. The van der Waals surface area contributed by atoms with Crippen molar-refractivity contribution >= 4 is 22.6 Å². The molecule has 0 spiro atoms. The van der Waals surface area contributed by atoms with Gasteiger partial charge in [-0.05, 0) is 18.9 Å². The van der Waals surface area contributed by atoms with E-state index in [2.05, 4.69) is 53.8 Å². The highest BCUT2D eigenvalue weighted by Crippen LogP contribution is 2.53. The first-order valence-corrected chi connectivity index (χ1v) is 5.76. The van der Waals surface area contributed by atoms with Crippen molar-refractivity contribution in [3.63, 3.8) is 0 Å². The van der Waals surface area contributed by atoms with Crippen LogP contribution in [0, 0.1) is 6.92 Å². The number of halogens is 1. The van der Waals surface area contributed by atoms with Gasteiger partial charge in [0.15, 0.2) is 0 Å². The van der Waals surface area contributed by atoms with Crippen LogP contribution >= 0.6 is 22.6 Å². The van der Waals surface area contributed by atoms with E-state index in [4.69, 9.17) is 0 Å². The molecule has 1 fully saturated rings. The minimum Gasteiger partial charge on any atom is -0.395 e. The molecule has 1 aliphatic carbocycles. The normalized spacial score (nSPS) is 31.8. The summed E-state index contributed by atoms with van der Waals surface area (Å²) in [4.78, 5) is 0. The van der Waals surface area contributed by atoms with Gasteiger partial charge in [0.25, 0.3) is 0 Å². The number of alkyl halides is 1. The maximum Gasteiger partial charge on any atom is 0.0538 e. The van der Waals surface area contributed by atoms with Crippen molar-refractivity contribution in [1.82, 2.24) is 0 Å². The van der Waals surface area contributed by atoms with Crippen LogP contribution in [0.15, 0.2) is 24.3 Å². The molecule has 1 aromatic rings. The molecule has 1 saturated carbocycles. The molecule has 13 heavy (non-hydrogen) atoms. The third kappa shape index (κ3) is 1.50. The van der Waals surface area contributed by atoms with Gasteiger partial charge >= 0.3 is 0 Å². The summed E-state index contributed by atoms with van der Waals surface area (Å²) in [5, 5.41) is 9.37. The SMILES string of the molecule is Cc1cccc(C2(CO)CC2I)c1. The molecule has 0 aromatic heterocycles. The van der Waals surface area contributed by atoms with E-state index in [0.29, 0.717) is 3.92 Å². The van der Waals surface area contributed by atoms with Crippen molar-refractivity contribution in [2.75, 3.05) is 6.61 Å². The van der Waals surface area contributed by atoms with Gasteiger partial charge in [0.1, 0.15) is 0 Å². The zero-order chi connectivity index (χ0) is 9.47. The highest BCUT2D eigenvalue weighted by molar-refractivity contribution is 14.1. The van der Waals surface area contributed by atoms with Gasteiger partial charge in [-0.1, -0.05) is 52.4 Å². The first kappa shape index (κ1) is 9.46. The maximum absolute atomic E-state index is 9.37. The maximum atomic E-state index is 9.37. The second kappa shape index (κ2) is 3.24. The van der Waals surface area contributed by atoms with E-state index in [0.717, 1.165) is 6.42 Å². The van der Waals surface area contributed by atoms with Gasteiger partial charge in [0, 0.05) is 9.34 Å². The molecule has 1 nitrogen and oxygen atoms in total. The number of hydrogen-bond donors (Lipinski definition) is 1. The van der Waals surface area contributed by atoms with Crippen LogP contribution in [0.4, 0.5) is 0 Å². The Hall–Kier alpha value is -0.0900. The molecule has 0 bridgehead atoms. The molecular weight excluding hydrogens is 275 g/mol. The molecule has 2 heteroatoms. The second-order valence-corrected chi connectivity index (χ2v) is 5.36. The molecule has 0 saturated heterocycles. The summed E-state index contributed by atoms with van der Waals surface area (Å²) in [6.45, 7) is 2.38. The van der Waals surface area contributed by atoms with Crippen LogP contribution in [-0.2, 0) is 5.41 Å². The molecular formula is C11H13IO. The van der Waals surface area contributed by atoms with Crippen LogP contribution in [-0.4, -0.2) is 15.6 Å². The number of aryl methyl sites for hydroxylation is 1. The predicted octanol–water partition coefficient (Wildman–Crippen LogP) is 2.43. The van der Waals surface area contributed by atoms with Crippen molar-refractivity contribution in [2.45, 2.75) is 22.7 Å². The lowest BCUT2D eigenvalue weighted by Crippen LogP contribution is -2.15. The topological polar surface area (TPSA) is 20.2 Å². The van der Waals surface area contributed by atoms with Crippen LogP contribution in [0.25, 0.3) is 0 Å². The smallest absolute Gasteiger partial charge is 0.0538 e. The van der Waals surface area contributed by atoms with Gasteiger partial charge in [0.05, 0.1) is 6.61 Å². The van der Waals surface area contributed by atoms with Crippen LogP contribution < -0.4 is 0 Å². The Bertz CT molecular complexity index is 320. The van der Waals surface area contributed by atoms with E-state index >= 15 is 0 Å². The monoisotopic (exact) mass is 288 g/mol. The molecule has 2 atom stereocenters. The molecule has 0 amide bonds. The highest BCUT2D eigenvalue weighted by atomic mass is 127. The number of hydrogen-bond acceptors (Lipinski definition) is 1. The van der Waals surface area contributed by atoms with E-state index in [9.17, 15) is 5.11 Å². The second-order valence-electron chi connectivity index (χ2n) is 3.86. The van der Waals surface area contributed by atoms with E-state index in [-0.39, 0.29) is 12.0 Å². The Morgan fingerprint density at radius 2 is 2.31 bits per heavy atom. The minimum atomic E-state index is 0.0760. The van der Waals surface area contributed by atoms with Crippen LogP contribution in [0.1, 0.15) is 17.5 Å². The summed E-state index contributed by atoms with van der Waals surface area (Å²) < 4.78 is 0.608. The van der Waals surface area contributed by atoms with Gasteiger partial charge in [-0.15, -0.1) is 0 Å². The molecule has 70 valence electrons. The lowest BCUT2D eigenvalue weighted by atomic mass is 9.96. The largest absolute Gasteiger partial charge is 0.395 e. The molecule has 1 aromatic carbocycles. The predicted molar refractivity (Wildman–Crippen MR) is 62.4 cm³/mol. The van der Waals surface area contributed by atoms with Crippen molar-refractivity contribution < 1.29 is 5.11 Å². The Kier molecular flexibility index (Phi) is 2.36. The van der Waals surface area contributed by atoms with E-state index < -0.39 is 0 Å². The van der Waals surface area contributed by atoms with E-state index in [1.807, 2.05) is 0 Å². The lowest BCUT2D eigenvalue weighted by molar-refractivity contribution is 0.256. The first-order valence-electron chi connectivity index (χ1n) is 4.51. The van der Waals surface area contributed by atoms with Gasteiger partial charge in [-0.25, -0.2) is 0 Å². The molecule has 1 N–H and O–H groups in total. The third-order valence-electron chi connectivity index (χ3n) is 2.86. The summed E-state index contributed by atoms with van der Waals surface area (Å²) in [7, 11) is 0. The lowest BCUT2D eigenvalue weighted by Gasteiger charge is -2.13. The average molecular weight is 288 g/mol. The standard InChI is InChI=1S/C11H13IO/c1-8-3-2-4-9(5-8)11(7-13)6-10(11)12/h2-5,10,13H,6-7H2,1H3. The highest BCUT2D eigenvalue weighted by Gasteiger charge is 2.53. The van der Waals surface area contributed by atoms with Gasteiger partial charge in [-0.3, -0.25) is 0 Å². The Morgan fingerprint density at radius 3 is 2.77 bits per heavy atom. The summed E-state index contributed by atoms with van der Waals surface area (Å²) in [6.07, 6.45) is 1.12. The molecule has 0 aliphatic heterocycles. The molecule has 2 rings (SSSR count). The van der Waals surface area contributed by atoms with Crippen LogP contribution in [0.5, 0.6) is 0 Å². The Labute approximate surface area is 92.3 Å². The van der Waals surface area contributed by atoms with Crippen molar-refractivity contribution in [3.05, 3.63) is 35.4 Å². The van der Waals surface area contributed by atoms with Crippen LogP contribution in [0.2, 0.25) is 0 Å². The zero-order valence-electron chi connectivity index (χ0n) is 7.63. The van der Waals surface area contributed by atoms with Gasteiger partial charge < -0.3 is 5.11 Å². The van der Waals surface area contributed by atoms with Crippen molar-refractivity contribution in [1.29, 1.82) is 0 Å². The fraction of sp³-hybridized carbons (Fsp3) is 0.455. The summed E-state index contributed by atoms with van der Waals surface area (Å²) >= 11 is 2.42. The third-order valence-corrected chi connectivity index (χ3v) is 4.49. The van der Waals surface area contributed by atoms with E-state index in [1.165, 1.54) is 11.1 Å². The molecule has 0 radical (unpaired) electrons. The quantitative estimate of drug-likeness (QED) is 0.654. The van der Waals surface area contributed by atoms with Crippen molar-refractivity contribution in [3.8, 4) is 0 Å². The number of rotatable bonds is 2. The average Bonchev–Trinajstić information content (AvgIpc) is 2.78. The number of aliphatic hydroxyl groups excluding tert-OH is 1. The number of benzene rings is 1. The number of aliphatic hydroxyl groups is 1. The van der Waals surface area contributed by atoms with Crippen molar-refractivity contribution in [2.24, 2.45) is 0 Å². The van der Waals surface area contributed by atoms with Crippen LogP contribution in [0.3, 0.4) is 0 Å². The Morgan fingerprint density at radius 1 is 1.62 bits per heavy atom. The summed E-state index contributed by atoms with van der Waals surface area (Å²) in [5.74, 6) is 0. The fourth-order valence-corrected chi connectivity index (χ4v) is 3.11. The van der Waals surface area contributed by atoms with Gasteiger partial charge in [-0.2, -0.15) is 0 Å². The molecule has 1 aliphatic rings. The summed E-state index contributed by atoms with van der Waals surface area (Å²) in [6, 6.07) is 8.49. The van der Waals surface area contributed by atoms with E-state index in [1.54, 1.807) is 0 Å². The minimum absolute atomic E-state index is 0.0760. The van der Waals surface area contributed by atoms with Gasteiger partial charge in [0.2, 0.25) is 0 Å². The zero-order valence-corrected chi connectivity index (χ0v) is 9.78.